The molecule has 1 aromatic carbocycles. The smallest absolute Gasteiger partial charge is 0.279 e. The molecule has 1 aliphatic rings. The summed E-state index contributed by atoms with van der Waals surface area (Å²) in [7, 11) is 3.74. The highest BCUT2D eigenvalue weighted by Gasteiger charge is 2.28. The Kier molecular flexibility index (Phi) is 4.40. The lowest BCUT2D eigenvalue weighted by Crippen LogP contribution is -2.26. The van der Waals surface area contributed by atoms with Gasteiger partial charge in [0.2, 0.25) is 0 Å². The van der Waals surface area contributed by atoms with Crippen LogP contribution >= 0.6 is 0 Å². The molecule has 4 heterocycles. The standard InChI is InChI=1S/C20H23N7O2/c1-24-9-5-8-14(24)17-12-22-23-27(17)19-18-20(28)25(10-11-29-2)15-6-3-4-7-16(15)26(18)13-21-19/h3-4,6-7,12-14H,5,8-11H2,1-2H3. The Morgan fingerprint density at radius 2 is 2.07 bits per heavy atom. The van der Waals surface area contributed by atoms with Crippen LogP contribution in [0.4, 0.5) is 0 Å². The monoisotopic (exact) mass is 393 g/mol. The first-order valence-electron chi connectivity index (χ1n) is 9.79. The van der Waals surface area contributed by atoms with E-state index >= 15 is 0 Å². The minimum atomic E-state index is -0.116. The van der Waals surface area contributed by atoms with Gasteiger partial charge in [0.1, 0.15) is 6.33 Å². The van der Waals surface area contributed by atoms with Crippen LogP contribution in [-0.2, 0) is 11.3 Å². The molecule has 1 atom stereocenters. The number of nitrogens with zero attached hydrogens (tertiary/aromatic N) is 7. The van der Waals surface area contributed by atoms with Gasteiger partial charge in [0, 0.05) is 13.7 Å². The molecule has 9 nitrogen and oxygen atoms in total. The number of para-hydroxylation sites is 2. The van der Waals surface area contributed by atoms with E-state index in [0.717, 1.165) is 36.1 Å². The fourth-order valence-corrected chi connectivity index (χ4v) is 4.33. The molecular formula is C20H23N7O2. The lowest BCUT2D eigenvalue weighted by Gasteiger charge is -2.19. The first kappa shape index (κ1) is 18.0. The van der Waals surface area contributed by atoms with Crippen LogP contribution in [0.1, 0.15) is 24.6 Å². The van der Waals surface area contributed by atoms with Crippen LogP contribution in [0, 0.1) is 0 Å². The largest absolute Gasteiger partial charge is 0.383 e. The maximum absolute atomic E-state index is 13.5. The Morgan fingerprint density at radius 1 is 1.24 bits per heavy atom. The first-order chi connectivity index (χ1) is 14.2. The van der Waals surface area contributed by atoms with E-state index in [2.05, 4.69) is 27.2 Å². The maximum Gasteiger partial charge on any atom is 0.279 e. The van der Waals surface area contributed by atoms with Crippen molar-refractivity contribution in [3.8, 4) is 5.82 Å². The summed E-state index contributed by atoms with van der Waals surface area (Å²) in [6.07, 6.45) is 5.64. The maximum atomic E-state index is 13.5. The number of hydrogen-bond acceptors (Lipinski definition) is 6. The molecule has 0 spiro atoms. The van der Waals surface area contributed by atoms with Gasteiger partial charge in [-0.25, -0.2) is 4.98 Å². The molecule has 0 aliphatic carbocycles. The van der Waals surface area contributed by atoms with Crippen molar-refractivity contribution in [1.82, 2.24) is 33.8 Å². The fourth-order valence-electron chi connectivity index (χ4n) is 4.33. The number of aromatic nitrogens is 6. The topological polar surface area (TPSA) is 82.5 Å². The van der Waals surface area contributed by atoms with Gasteiger partial charge in [-0.3, -0.25) is 14.1 Å². The third-order valence-corrected chi connectivity index (χ3v) is 5.79. The molecule has 0 radical (unpaired) electrons. The third kappa shape index (κ3) is 2.77. The van der Waals surface area contributed by atoms with Crippen LogP contribution in [0.15, 0.2) is 41.6 Å². The van der Waals surface area contributed by atoms with Crippen molar-refractivity contribution in [2.75, 3.05) is 27.3 Å². The Morgan fingerprint density at radius 3 is 2.83 bits per heavy atom. The predicted molar refractivity (Wildman–Crippen MR) is 108 cm³/mol. The Balaban J connectivity index is 1.77. The molecule has 3 aromatic heterocycles. The number of rotatable bonds is 5. The van der Waals surface area contributed by atoms with E-state index in [4.69, 9.17) is 4.74 Å². The zero-order chi connectivity index (χ0) is 20.0. The average molecular weight is 393 g/mol. The number of hydrogen-bond donors (Lipinski definition) is 0. The van der Waals surface area contributed by atoms with Gasteiger partial charge in [-0.1, -0.05) is 17.3 Å². The van der Waals surface area contributed by atoms with Crippen molar-refractivity contribution in [2.24, 2.45) is 0 Å². The van der Waals surface area contributed by atoms with Crippen LogP contribution in [0.5, 0.6) is 0 Å². The Hall–Kier alpha value is -3.04. The minimum Gasteiger partial charge on any atom is -0.383 e. The van der Waals surface area contributed by atoms with Crippen LogP contribution in [-0.4, -0.2) is 61.2 Å². The van der Waals surface area contributed by atoms with Crippen LogP contribution < -0.4 is 5.56 Å². The van der Waals surface area contributed by atoms with Gasteiger partial charge in [-0.2, -0.15) is 4.68 Å². The van der Waals surface area contributed by atoms with Gasteiger partial charge in [0.25, 0.3) is 5.56 Å². The highest BCUT2D eigenvalue weighted by molar-refractivity contribution is 5.80. The van der Waals surface area contributed by atoms with Crippen molar-refractivity contribution in [1.29, 1.82) is 0 Å². The van der Waals surface area contributed by atoms with Gasteiger partial charge < -0.3 is 9.30 Å². The van der Waals surface area contributed by atoms with E-state index in [0.29, 0.717) is 24.5 Å². The number of methoxy groups -OCH3 is 1. The Labute approximate surface area is 167 Å². The predicted octanol–water partition coefficient (Wildman–Crippen LogP) is 1.64. The molecule has 5 rings (SSSR count). The fraction of sp³-hybridized carbons (Fsp3) is 0.400. The molecule has 1 unspecified atom stereocenters. The van der Waals surface area contributed by atoms with E-state index in [1.807, 2.05) is 28.7 Å². The van der Waals surface area contributed by atoms with E-state index in [-0.39, 0.29) is 11.6 Å². The van der Waals surface area contributed by atoms with Crippen LogP contribution in [0.25, 0.3) is 22.4 Å². The second-order valence-corrected chi connectivity index (χ2v) is 7.43. The number of likely N-dealkylation sites (tertiary alicyclic amines) is 1. The number of benzene rings is 1. The summed E-state index contributed by atoms with van der Waals surface area (Å²) in [6.45, 7) is 1.95. The minimum absolute atomic E-state index is 0.116. The highest BCUT2D eigenvalue weighted by Crippen LogP contribution is 2.31. The number of ether oxygens (including phenoxy) is 1. The molecule has 9 heteroatoms. The molecule has 1 fully saturated rings. The van der Waals surface area contributed by atoms with Gasteiger partial charge in [-0.05, 0) is 38.6 Å². The van der Waals surface area contributed by atoms with E-state index in [9.17, 15) is 4.79 Å². The summed E-state index contributed by atoms with van der Waals surface area (Å²) in [4.78, 5) is 20.4. The van der Waals surface area contributed by atoms with Crippen molar-refractivity contribution in [3.63, 3.8) is 0 Å². The molecule has 4 aromatic rings. The number of imidazole rings is 1. The summed E-state index contributed by atoms with van der Waals surface area (Å²) < 4.78 is 10.5. The molecule has 0 saturated carbocycles. The molecule has 1 aliphatic heterocycles. The lowest BCUT2D eigenvalue weighted by atomic mass is 10.1. The summed E-state index contributed by atoms with van der Waals surface area (Å²) in [5.41, 5.74) is 3.10. The quantitative estimate of drug-likeness (QED) is 0.513. The summed E-state index contributed by atoms with van der Waals surface area (Å²) in [5.74, 6) is 0.514. The molecule has 150 valence electrons. The Bertz CT molecular complexity index is 1240. The van der Waals surface area contributed by atoms with E-state index in [1.165, 1.54) is 0 Å². The third-order valence-electron chi connectivity index (χ3n) is 5.79. The molecule has 0 amide bonds. The summed E-state index contributed by atoms with van der Waals surface area (Å²) in [6, 6.07) is 8.04. The molecule has 29 heavy (non-hydrogen) atoms. The SMILES string of the molecule is COCCn1c(=O)c2c(-n3nncc3C3CCCN3C)ncn2c2ccccc21. The first-order valence-corrected chi connectivity index (χ1v) is 9.79. The van der Waals surface area contributed by atoms with Gasteiger partial charge in [0.05, 0.1) is 35.6 Å². The van der Waals surface area contributed by atoms with Crippen LogP contribution in [0.3, 0.4) is 0 Å². The van der Waals surface area contributed by atoms with E-state index in [1.54, 1.807) is 28.9 Å². The summed E-state index contributed by atoms with van der Waals surface area (Å²) in [5, 5.41) is 8.43. The van der Waals surface area contributed by atoms with Gasteiger partial charge in [-0.15, -0.1) is 5.10 Å². The molecular weight excluding hydrogens is 370 g/mol. The second-order valence-electron chi connectivity index (χ2n) is 7.43. The van der Waals surface area contributed by atoms with Gasteiger partial charge in [0.15, 0.2) is 11.3 Å². The zero-order valence-corrected chi connectivity index (χ0v) is 16.5. The average Bonchev–Trinajstić information content (AvgIpc) is 3.46. The van der Waals surface area contributed by atoms with E-state index < -0.39 is 0 Å². The second kappa shape index (κ2) is 7.09. The number of fused-ring (bicyclic) bond motifs is 3. The van der Waals surface area contributed by atoms with Crippen molar-refractivity contribution < 1.29 is 4.74 Å². The van der Waals surface area contributed by atoms with Crippen molar-refractivity contribution in [2.45, 2.75) is 25.4 Å². The highest BCUT2D eigenvalue weighted by atomic mass is 16.5. The molecule has 1 saturated heterocycles. The van der Waals surface area contributed by atoms with Crippen molar-refractivity contribution in [3.05, 3.63) is 52.8 Å². The molecule has 0 N–H and O–H groups in total. The zero-order valence-electron chi connectivity index (χ0n) is 16.5. The van der Waals surface area contributed by atoms with Crippen LogP contribution in [0.2, 0.25) is 0 Å². The summed E-state index contributed by atoms with van der Waals surface area (Å²) >= 11 is 0. The van der Waals surface area contributed by atoms with Crippen molar-refractivity contribution >= 4 is 16.6 Å². The lowest BCUT2D eigenvalue weighted by molar-refractivity contribution is 0.187. The normalized spacial score (nSPS) is 17.7. The van der Waals surface area contributed by atoms with Gasteiger partial charge >= 0.3 is 0 Å². The molecule has 0 bridgehead atoms.